The van der Waals surface area contributed by atoms with E-state index in [9.17, 15) is 0 Å². The lowest BCUT2D eigenvalue weighted by Crippen LogP contribution is -2.28. The molecule has 0 aliphatic rings. The number of ether oxygens (including phenoxy) is 1. The van der Waals surface area contributed by atoms with E-state index >= 15 is 0 Å². The molecule has 4 nitrogen and oxygen atoms in total. The van der Waals surface area contributed by atoms with Gasteiger partial charge in [-0.3, -0.25) is 10.8 Å². The van der Waals surface area contributed by atoms with Crippen molar-refractivity contribution < 1.29 is 4.74 Å². The van der Waals surface area contributed by atoms with E-state index < -0.39 is 0 Å². The van der Waals surface area contributed by atoms with Crippen molar-refractivity contribution in [3.8, 4) is 5.75 Å². The summed E-state index contributed by atoms with van der Waals surface area (Å²) in [6.07, 6.45) is 1.80. The molecule has 1 unspecified atom stereocenters. The first kappa shape index (κ1) is 13.5. The predicted octanol–water partition coefficient (Wildman–Crippen LogP) is 2.34. The molecule has 19 heavy (non-hydrogen) atoms. The fourth-order valence-corrected chi connectivity index (χ4v) is 2.06. The first-order chi connectivity index (χ1) is 9.24. The van der Waals surface area contributed by atoms with Gasteiger partial charge in [-0.2, -0.15) is 0 Å². The molecule has 1 heterocycles. The zero-order valence-corrected chi connectivity index (χ0v) is 11.3. The third kappa shape index (κ3) is 3.30. The molecule has 2 rings (SSSR count). The van der Waals surface area contributed by atoms with Crippen LogP contribution in [-0.2, 0) is 0 Å². The highest BCUT2D eigenvalue weighted by Gasteiger charge is 2.12. The molecule has 1 atom stereocenters. The molecule has 1 aromatic heterocycles. The van der Waals surface area contributed by atoms with E-state index in [1.807, 2.05) is 50.2 Å². The summed E-state index contributed by atoms with van der Waals surface area (Å²) in [7, 11) is 0. The summed E-state index contributed by atoms with van der Waals surface area (Å²) >= 11 is 0. The number of rotatable bonds is 5. The number of aryl methyl sites for hydroxylation is 1. The molecule has 0 saturated carbocycles. The number of benzene rings is 1. The first-order valence-corrected chi connectivity index (χ1v) is 6.36. The van der Waals surface area contributed by atoms with E-state index in [0.29, 0.717) is 6.61 Å². The smallest absolute Gasteiger partial charge is 0.119 e. The molecule has 0 aliphatic carbocycles. The van der Waals surface area contributed by atoms with Gasteiger partial charge in [0.2, 0.25) is 0 Å². The third-order valence-electron chi connectivity index (χ3n) is 2.95. The summed E-state index contributed by atoms with van der Waals surface area (Å²) < 4.78 is 5.44. The highest BCUT2D eigenvalue weighted by atomic mass is 16.5. The summed E-state index contributed by atoms with van der Waals surface area (Å²) in [5.74, 6) is 6.55. The van der Waals surface area contributed by atoms with Gasteiger partial charge in [0.05, 0.1) is 12.6 Å². The predicted molar refractivity (Wildman–Crippen MR) is 75.8 cm³/mol. The van der Waals surface area contributed by atoms with Gasteiger partial charge in [-0.25, -0.2) is 5.43 Å². The Morgan fingerprint density at radius 1 is 1.21 bits per heavy atom. The minimum Gasteiger partial charge on any atom is -0.494 e. The summed E-state index contributed by atoms with van der Waals surface area (Å²) in [6.45, 7) is 4.61. The lowest BCUT2D eigenvalue weighted by atomic mass is 9.99. The Morgan fingerprint density at radius 2 is 1.95 bits per heavy atom. The highest BCUT2D eigenvalue weighted by Crippen LogP contribution is 2.23. The number of nitrogens with zero attached hydrogens (tertiary/aromatic N) is 1. The normalized spacial score (nSPS) is 12.2. The van der Waals surface area contributed by atoms with Crippen LogP contribution >= 0.6 is 0 Å². The molecule has 0 bridgehead atoms. The highest BCUT2D eigenvalue weighted by molar-refractivity contribution is 5.35. The Morgan fingerprint density at radius 3 is 2.53 bits per heavy atom. The van der Waals surface area contributed by atoms with Gasteiger partial charge in [-0.15, -0.1) is 0 Å². The average Bonchev–Trinajstić information content (AvgIpc) is 2.42. The van der Waals surface area contributed by atoms with Gasteiger partial charge in [-0.05, 0) is 49.2 Å². The van der Waals surface area contributed by atoms with Crippen LogP contribution in [0.1, 0.15) is 29.8 Å². The van der Waals surface area contributed by atoms with Gasteiger partial charge >= 0.3 is 0 Å². The number of pyridine rings is 1. The van der Waals surface area contributed by atoms with Crippen LogP contribution in [0.4, 0.5) is 0 Å². The number of hydrazine groups is 1. The van der Waals surface area contributed by atoms with Crippen molar-refractivity contribution in [1.29, 1.82) is 0 Å². The van der Waals surface area contributed by atoms with Gasteiger partial charge in [0, 0.05) is 11.9 Å². The van der Waals surface area contributed by atoms with Gasteiger partial charge in [-0.1, -0.05) is 12.1 Å². The second kappa shape index (κ2) is 6.31. The Balaban J connectivity index is 2.26. The van der Waals surface area contributed by atoms with E-state index in [2.05, 4.69) is 10.4 Å². The van der Waals surface area contributed by atoms with Gasteiger partial charge in [0.1, 0.15) is 5.75 Å². The number of nitrogens with one attached hydrogen (secondary N) is 1. The maximum absolute atomic E-state index is 5.68. The average molecular weight is 257 g/mol. The van der Waals surface area contributed by atoms with Crippen molar-refractivity contribution in [2.45, 2.75) is 19.9 Å². The summed E-state index contributed by atoms with van der Waals surface area (Å²) in [6, 6.07) is 11.9. The molecule has 3 N–H and O–H groups in total. The lowest BCUT2D eigenvalue weighted by Gasteiger charge is -2.17. The Hall–Kier alpha value is -1.91. The SMILES string of the molecule is CCOc1ccc(C(NN)c2ccnc(C)c2)cc1. The zero-order valence-electron chi connectivity index (χ0n) is 11.3. The van der Waals surface area contributed by atoms with Crippen LogP contribution in [0.5, 0.6) is 5.75 Å². The fraction of sp³-hybridized carbons (Fsp3) is 0.267. The van der Waals surface area contributed by atoms with Crippen molar-refractivity contribution in [3.05, 3.63) is 59.4 Å². The summed E-state index contributed by atoms with van der Waals surface area (Å²) in [5, 5.41) is 0. The van der Waals surface area contributed by atoms with Crippen molar-refractivity contribution in [1.82, 2.24) is 10.4 Å². The van der Waals surface area contributed by atoms with Crippen LogP contribution in [0.3, 0.4) is 0 Å². The Bertz CT molecular complexity index is 525. The molecule has 1 aromatic carbocycles. The monoisotopic (exact) mass is 257 g/mol. The van der Waals surface area contributed by atoms with E-state index in [4.69, 9.17) is 10.6 Å². The van der Waals surface area contributed by atoms with Gasteiger partial charge < -0.3 is 4.74 Å². The molecule has 0 radical (unpaired) electrons. The van der Waals surface area contributed by atoms with Crippen molar-refractivity contribution >= 4 is 0 Å². The molecule has 100 valence electrons. The minimum absolute atomic E-state index is 0.0441. The van der Waals surface area contributed by atoms with Crippen LogP contribution in [0.2, 0.25) is 0 Å². The van der Waals surface area contributed by atoms with E-state index in [-0.39, 0.29) is 6.04 Å². The Kier molecular flexibility index (Phi) is 4.49. The molecule has 0 fully saturated rings. The quantitative estimate of drug-likeness (QED) is 0.637. The number of nitrogens with two attached hydrogens (primary N) is 1. The fourth-order valence-electron chi connectivity index (χ4n) is 2.06. The topological polar surface area (TPSA) is 60.2 Å². The summed E-state index contributed by atoms with van der Waals surface area (Å²) in [5.41, 5.74) is 6.01. The van der Waals surface area contributed by atoms with Gasteiger partial charge in [0.15, 0.2) is 0 Å². The Labute approximate surface area is 113 Å². The second-order valence-corrected chi connectivity index (χ2v) is 4.33. The maximum atomic E-state index is 5.68. The molecule has 2 aromatic rings. The minimum atomic E-state index is -0.0441. The van der Waals surface area contributed by atoms with E-state index in [1.54, 1.807) is 6.20 Å². The molecule has 0 spiro atoms. The second-order valence-electron chi connectivity index (χ2n) is 4.33. The van der Waals surface area contributed by atoms with Crippen molar-refractivity contribution in [2.75, 3.05) is 6.61 Å². The molecule has 4 heteroatoms. The first-order valence-electron chi connectivity index (χ1n) is 6.36. The van der Waals surface area contributed by atoms with E-state index in [0.717, 1.165) is 22.6 Å². The maximum Gasteiger partial charge on any atom is 0.119 e. The largest absolute Gasteiger partial charge is 0.494 e. The molecule has 0 amide bonds. The molecular weight excluding hydrogens is 238 g/mol. The molecule has 0 aliphatic heterocycles. The van der Waals surface area contributed by atoms with Crippen molar-refractivity contribution in [2.24, 2.45) is 5.84 Å². The zero-order chi connectivity index (χ0) is 13.7. The number of aromatic nitrogens is 1. The molecular formula is C15H19N3O. The lowest BCUT2D eigenvalue weighted by molar-refractivity contribution is 0.340. The van der Waals surface area contributed by atoms with Crippen LogP contribution in [0, 0.1) is 6.92 Å². The standard InChI is InChI=1S/C15H19N3O/c1-3-19-14-6-4-12(5-7-14)15(18-16)13-8-9-17-11(2)10-13/h4-10,15,18H,3,16H2,1-2H3. The molecule has 0 saturated heterocycles. The number of hydrogen-bond donors (Lipinski definition) is 2. The third-order valence-corrected chi connectivity index (χ3v) is 2.95. The number of hydrogen-bond acceptors (Lipinski definition) is 4. The van der Waals surface area contributed by atoms with Gasteiger partial charge in [0.25, 0.3) is 0 Å². The van der Waals surface area contributed by atoms with Crippen LogP contribution in [0.25, 0.3) is 0 Å². The summed E-state index contributed by atoms with van der Waals surface area (Å²) in [4.78, 5) is 4.20. The van der Waals surface area contributed by atoms with E-state index in [1.165, 1.54) is 0 Å². The van der Waals surface area contributed by atoms with Crippen molar-refractivity contribution in [3.63, 3.8) is 0 Å². The van der Waals surface area contributed by atoms with Crippen LogP contribution in [-0.4, -0.2) is 11.6 Å². The van der Waals surface area contributed by atoms with Crippen LogP contribution < -0.4 is 16.0 Å². The van der Waals surface area contributed by atoms with Crippen LogP contribution in [0.15, 0.2) is 42.6 Å².